The summed E-state index contributed by atoms with van der Waals surface area (Å²) in [4.78, 5) is 2.62. The third kappa shape index (κ3) is 2.84. The first-order valence-electron chi connectivity index (χ1n) is 7.84. The monoisotopic (exact) mass is 274 g/mol. The van der Waals surface area contributed by atoms with E-state index in [2.05, 4.69) is 36.1 Å². The van der Waals surface area contributed by atoms with E-state index in [0.717, 1.165) is 25.3 Å². The van der Waals surface area contributed by atoms with E-state index in [0.29, 0.717) is 11.3 Å². The smallest absolute Gasteiger partial charge is 0.122 e. The number of piperidine rings is 1. The van der Waals surface area contributed by atoms with E-state index in [4.69, 9.17) is 10.5 Å². The van der Waals surface area contributed by atoms with Gasteiger partial charge in [0.1, 0.15) is 5.75 Å². The van der Waals surface area contributed by atoms with Gasteiger partial charge in [0.15, 0.2) is 0 Å². The van der Waals surface area contributed by atoms with E-state index in [9.17, 15) is 0 Å². The first-order valence-corrected chi connectivity index (χ1v) is 7.84. The Bertz CT molecular complexity index is 452. The Morgan fingerprint density at radius 1 is 1.30 bits per heavy atom. The highest BCUT2D eigenvalue weighted by atomic mass is 16.5. The van der Waals surface area contributed by atoms with Gasteiger partial charge in [-0.15, -0.1) is 0 Å². The molecule has 1 fully saturated rings. The van der Waals surface area contributed by atoms with Crippen LogP contribution < -0.4 is 10.5 Å². The van der Waals surface area contributed by atoms with Crippen LogP contribution in [-0.2, 0) is 0 Å². The van der Waals surface area contributed by atoms with Crippen molar-refractivity contribution < 1.29 is 4.74 Å². The Kier molecular flexibility index (Phi) is 3.99. The minimum absolute atomic E-state index is 0.365. The second kappa shape index (κ2) is 5.74. The number of nitrogens with zero attached hydrogens (tertiary/aromatic N) is 1. The summed E-state index contributed by atoms with van der Waals surface area (Å²) in [6, 6.07) is 8.52. The summed E-state index contributed by atoms with van der Waals surface area (Å²) in [7, 11) is 0. The summed E-state index contributed by atoms with van der Waals surface area (Å²) in [6.07, 6.45) is 3.60. The van der Waals surface area contributed by atoms with Crippen LogP contribution in [0.3, 0.4) is 0 Å². The highest BCUT2D eigenvalue weighted by Crippen LogP contribution is 2.36. The zero-order valence-electron chi connectivity index (χ0n) is 12.5. The summed E-state index contributed by atoms with van der Waals surface area (Å²) < 4.78 is 5.76. The molecule has 1 atom stereocenters. The Balaban J connectivity index is 1.63. The standard InChI is InChI=1S/C17H26N2O/c1-17(13-18)7-9-19(10-8-17)12-14-6-11-20-16-5-3-2-4-15(14)16/h2-5,14H,6-13,18H2,1H3. The molecule has 2 aliphatic rings. The third-order valence-corrected chi connectivity index (χ3v) is 5.12. The number of para-hydroxylation sites is 1. The molecule has 3 nitrogen and oxygen atoms in total. The molecule has 1 aromatic rings. The van der Waals surface area contributed by atoms with Crippen LogP contribution in [0.25, 0.3) is 0 Å². The normalized spacial score (nSPS) is 25.8. The maximum Gasteiger partial charge on any atom is 0.122 e. The molecular formula is C17H26N2O. The van der Waals surface area contributed by atoms with Crippen LogP contribution in [-0.4, -0.2) is 37.7 Å². The number of hydrogen-bond acceptors (Lipinski definition) is 3. The number of nitrogens with two attached hydrogens (primary N) is 1. The molecule has 0 saturated carbocycles. The predicted octanol–water partition coefficient (Wildman–Crippen LogP) is 2.61. The van der Waals surface area contributed by atoms with Crippen molar-refractivity contribution in [1.82, 2.24) is 4.90 Å². The molecule has 110 valence electrons. The van der Waals surface area contributed by atoms with Crippen molar-refractivity contribution in [3.63, 3.8) is 0 Å². The third-order valence-electron chi connectivity index (χ3n) is 5.12. The van der Waals surface area contributed by atoms with Crippen LogP contribution in [0, 0.1) is 5.41 Å². The predicted molar refractivity (Wildman–Crippen MR) is 82.1 cm³/mol. The summed E-state index contributed by atoms with van der Waals surface area (Å²) in [5.41, 5.74) is 7.65. The number of hydrogen-bond donors (Lipinski definition) is 1. The highest BCUT2D eigenvalue weighted by molar-refractivity contribution is 5.37. The number of benzene rings is 1. The van der Waals surface area contributed by atoms with Gasteiger partial charge in [0.25, 0.3) is 0 Å². The summed E-state index contributed by atoms with van der Waals surface area (Å²) in [5.74, 6) is 1.72. The van der Waals surface area contributed by atoms with Gasteiger partial charge in [-0.1, -0.05) is 25.1 Å². The zero-order chi connectivity index (χ0) is 14.0. The lowest BCUT2D eigenvalue weighted by Crippen LogP contribution is -2.43. The molecule has 1 saturated heterocycles. The van der Waals surface area contributed by atoms with Gasteiger partial charge in [0, 0.05) is 12.5 Å². The lowest BCUT2D eigenvalue weighted by molar-refractivity contribution is 0.112. The van der Waals surface area contributed by atoms with Crippen molar-refractivity contribution >= 4 is 0 Å². The van der Waals surface area contributed by atoms with Crippen molar-refractivity contribution in [2.45, 2.75) is 32.1 Å². The molecule has 0 amide bonds. The molecule has 20 heavy (non-hydrogen) atoms. The molecule has 2 heterocycles. The molecule has 0 bridgehead atoms. The van der Waals surface area contributed by atoms with Crippen LogP contribution in [0.15, 0.2) is 24.3 Å². The first kappa shape index (κ1) is 13.9. The van der Waals surface area contributed by atoms with E-state index in [1.807, 2.05) is 0 Å². The Morgan fingerprint density at radius 3 is 2.80 bits per heavy atom. The molecule has 0 spiro atoms. The molecule has 3 rings (SSSR count). The number of fused-ring (bicyclic) bond motifs is 1. The summed E-state index contributed by atoms with van der Waals surface area (Å²) in [5, 5.41) is 0. The minimum Gasteiger partial charge on any atom is -0.493 e. The maximum absolute atomic E-state index is 5.90. The maximum atomic E-state index is 5.90. The van der Waals surface area contributed by atoms with Gasteiger partial charge in [0.2, 0.25) is 0 Å². The second-order valence-corrected chi connectivity index (χ2v) is 6.69. The van der Waals surface area contributed by atoms with Gasteiger partial charge in [-0.25, -0.2) is 0 Å². The van der Waals surface area contributed by atoms with E-state index in [1.165, 1.54) is 38.0 Å². The molecule has 1 unspecified atom stereocenters. The Hall–Kier alpha value is -1.06. The van der Waals surface area contributed by atoms with Crippen LogP contribution in [0.5, 0.6) is 5.75 Å². The quantitative estimate of drug-likeness (QED) is 0.921. The number of likely N-dealkylation sites (tertiary alicyclic amines) is 1. The lowest BCUT2D eigenvalue weighted by atomic mass is 9.80. The minimum atomic E-state index is 0.365. The molecule has 0 aliphatic carbocycles. The van der Waals surface area contributed by atoms with Gasteiger partial charge in [-0.05, 0) is 55.9 Å². The van der Waals surface area contributed by atoms with E-state index in [-0.39, 0.29) is 0 Å². The summed E-state index contributed by atoms with van der Waals surface area (Å²) >= 11 is 0. The fraction of sp³-hybridized carbons (Fsp3) is 0.647. The van der Waals surface area contributed by atoms with Crippen molar-refractivity contribution in [2.75, 3.05) is 32.8 Å². The molecule has 2 aliphatic heterocycles. The van der Waals surface area contributed by atoms with E-state index in [1.54, 1.807) is 0 Å². The van der Waals surface area contributed by atoms with Crippen molar-refractivity contribution in [3.8, 4) is 5.75 Å². The van der Waals surface area contributed by atoms with Crippen molar-refractivity contribution in [3.05, 3.63) is 29.8 Å². The van der Waals surface area contributed by atoms with Crippen molar-refractivity contribution in [2.24, 2.45) is 11.1 Å². The fourth-order valence-corrected chi connectivity index (χ4v) is 3.40. The second-order valence-electron chi connectivity index (χ2n) is 6.69. The Morgan fingerprint density at radius 2 is 2.05 bits per heavy atom. The number of ether oxygens (including phenoxy) is 1. The average molecular weight is 274 g/mol. The zero-order valence-corrected chi connectivity index (χ0v) is 12.5. The molecular weight excluding hydrogens is 248 g/mol. The molecule has 2 N–H and O–H groups in total. The van der Waals surface area contributed by atoms with E-state index < -0.39 is 0 Å². The SMILES string of the molecule is CC1(CN)CCN(CC2CCOc3ccccc32)CC1. The van der Waals surface area contributed by atoms with Crippen LogP contribution in [0.2, 0.25) is 0 Å². The van der Waals surface area contributed by atoms with Crippen LogP contribution in [0.1, 0.15) is 37.7 Å². The highest BCUT2D eigenvalue weighted by Gasteiger charge is 2.30. The lowest BCUT2D eigenvalue weighted by Gasteiger charge is -2.40. The van der Waals surface area contributed by atoms with Crippen LogP contribution >= 0.6 is 0 Å². The van der Waals surface area contributed by atoms with Crippen molar-refractivity contribution in [1.29, 1.82) is 0 Å². The molecule has 3 heteroatoms. The average Bonchev–Trinajstić information content (AvgIpc) is 2.50. The van der Waals surface area contributed by atoms with Gasteiger partial charge >= 0.3 is 0 Å². The van der Waals surface area contributed by atoms with Gasteiger partial charge in [-0.2, -0.15) is 0 Å². The number of rotatable bonds is 3. The van der Waals surface area contributed by atoms with Crippen LogP contribution in [0.4, 0.5) is 0 Å². The summed E-state index contributed by atoms with van der Waals surface area (Å²) in [6.45, 7) is 7.55. The molecule has 0 aromatic heterocycles. The Labute approximate surface area is 122 Å². The molecule has 0 radical (unpaired) electrons. The van der Waals surface area contributed by atoms with Gasteiger partial charge in [-0.3, -0.25) is 0 Å². The van der Waals surface area contributed by atoms with Gasteiger partial charge in [0.05, 0.1) is 6.61 Å². The largest absolute Gasteiger partial charge is 0.493 e. The van der Waals surface area contributed by atoms with Gasteiger partial charge < -0.3 is 15.4 Å². The van der Waals surface area contributed by atoms with E-state index >= 15 is 0 Å². The topological polar surface area (TPSA) is 38.5 Å². The fourth-order valence-electron chi connectivity index (χ4n) is 3.40. The molecule has 1 aromatic carbocycles. The first-order chi connectivity index (χ1) is 9.70.